The summed E-state index contributed by atoms with van der Waals surface area (Å²) < 4.78 is 6.29. The molecule has 5 nitrogen and oxygen atoms in total. The SMILES string of the molecule is CC(=O)Nc1c(-c2ccnc(OC3CCN(c4ccccc4)CC3)c2)ccc2c1CCC2. The van der Waals surface area contributed by atoms with Crippen LogP contribution >= 0.6 is 0 Å². The fourth-order valence-electron chi connectivity index (χ4n) is 4.91. The van der Waals surface area contributed by atoms with Gasteiger partial charge in [0.25, 0.3) is 0 Å². The van der Waals surface area contributed by atoms with Crippen molar-refractivity contribution in [1.82, 2.24) is 4.98 Å². The molecule has 5 heteroatoms. The molecule has 2 aromatic carbocycles. The first-order valence-electron chi connectivity index (χ1n) is 11.5. The van der Waals surface area contributed by atoms with E-state index in [1.807, 2.05) is 12.1 Å². The molecule has 1 amide bonds. The van der Waals surface area contributed by atoms with E-state index in [0.29, 0.717) is 5.88 Å². The minimum absolute atomic E-state index is 0.0396. The molecule has 0 unspecified atom stereocenters. The Labute approximate surface area is 189 Å². The van der Waals surface area contributed by atoms with Gasteiger partial charge in [0.05, 0.1) is 5.69 Å². The summed E-state index contributed by atoms with van der Waals surface area (Å²) in [6, 6.07) is 18.9. The van der Waals surface area contributed by atoms with Crippen molar-refractivity contribution in [2.24, 2.45) is 0 Å². The molecule has 164 valence electrons. The number of fused-ring (bicyclic) bond motifs is 1. The van der Waals surface area contributed by atoms with Crippen LogP contribution in [0.1, 0.15) is 37.3 Å². The van der Waals surface area contributed by atoms with Crippen LogP contribution in [0.3, 0.4) is 0 Å². The molecule has 1 aromatic heterocycles. The van der Waals surface area contributed by atoms with Crippen LogP contribution in [0.4, 0.5) is 11.4 Å². The first kappa shape index (κ1) is 20.6. The van der Waals surface area contributed by atoms with Gasteiger partial charge in [0, 0.05) is 56.4 Å². The summed E-state index contributed by atoms with van der Waals surface area (Å²) in [5.74, 6) is 0.609. The molecule has 0 saturated carbocycles. The molecule has 1 aliphatic carbocycles. The standard InChI is InChI=1S/C27H29N3O2/c1-19(31)29-27-24-9-5-6-20(24)10-11-25(27)21-12-15-28-26(18-21)32-23-13-16-30(17-14-23)22-7-3-2-4-8-22/h2-4,7-8,10-12,15,18,23H,5-6,9,13-14,16-17H2,1H3,(H,29,31). The maximum Gasteiger partial charge on any atom is 0.221 e. The molecule has 0 radical (unpaired) electrons. The summed E-state index contributed by atoms with van der Waals surface area (Å²) in [7, 11) is 0. The zero-order valence-corrected chi connectivity index (χ0v) is 18.5. The summed E-state index contributed by atoms with van der Waals surface area (Å²) in [5.41, 5.74) is 6.88. The van der Waals surface area contributed by atoms with E-state index in [-0.39, 0.29) is 12.0 Å². The Morgan fingerprint density at radius 2 is 1.88 bits per heavy atom. The van der Waals surface area contributed by atoms with Crippen molar-refractivity contribution in [3.8, 4) is 17.0 Å². The molecular formula is C27H29N3O2. The number of ether oxygens (including phenoxy) is 1. The summed E-state index contributed by atoms with van der Waals surface area (Å²) >= 11 is 0. The third-order valence-corrected chi connectivity index (χ3v) is 6.48. The minimum atomic E-state index is -0.0396. The second-order valence-electron chi connectivity index (χ2n) is 8.68. The number of nitrogens with one attached hydrogen (secondary N) is 1. The number of nitrogens with zero attached hydrogens (tertiary/aromatic N) is 2. The number of hydrogen-bond donors (Lipinski definition) is 1. The highest BCUT2D eigenvalue weighted by Crippen LogP contribution is 2.38. The Bertz CT molecular complexity index is 1110. The molecule has 0 bridgehead atoms. The number of hydrogen-bond acceptors (Lipinski definition) is 4. The Kier molecular flexibility index (Phi) is 5.80. The van der Waals surface area contributed by atoms with Gasteiger partial charge in [0.1, 0.15) is 6.10 Å². The van der Waals surface area contributed by atoms with Crippen molar-refractivity contribution in [1.29, 1.82) is 0 Å². The second kappa shape index (κ2) is 9.03. The Morgan fingerprint density at radius 3 is 2.66 bits per heavy atom. The van der Waals surface area contributed by atoms with Crippen LogP contribution in [-0.4, -0.2) is 30.1 Å². The molecule has 2 heterocycles. The number of rotatable bonds is 5. The molecule has 0 spiro atoms. The number of pyridine rings is 1. The van der Waals surface area contributed by atoms with Crippen molar-refractivity contribution in [2.45, 2.75) is 45.1 Å². The van der Waals surface area contributed by atoms with E-state index in [9.17, 15) is 4.79 Å². The van der Waals surface area contributed by atoms with Gasteiger partial charge in [-0.15, -0.1) is 0 Å². The molecule has 1 fully saturated rings. The van der Waals surface area contributed by atoms with Crippen LogP contribution in [0.2, 0.25) is 0 Å². The maximum absolute atomic E-state index is 11.9. The Hall–Kier alpha value is -3.34. The number of anilines is 2. The van der Waals surface area contributed by atoms with Crippen molar-refractivity contribution >= 4 is 17.3 Å². The van der Waals surface area contributed by atoms with E-state index < -0.39 is 0 Å². The highest BCUT2D eigenvalue weighted by Gasteiger charge is 2.22. The van der Waals surface area contributed by atoms with E-state index in [1.165, 1.54) is 16.8 Å². The topological polar surface area (TPSA) is 54.5 Å². The number of amides is 1. The zero-order valence-electron chi connectivity index (χ0n) is 18.5. The van der Waals surface area contributed by atoms with Crippen LogP contribution in [0.15, 0.2) is 60.8 Å². The Balaban J connectivity index is 1.32. The first-order chi connectivity index (χ1) is 15.7. The number of para-hydroxylation sites is 1. The number of carbonyl (C=O) groups excluding carboxylic acids is 1. The van der Waals surface area contributed by atoms with E-state index in [2.05, 4.69) is 57.7 Å². The molecule has 32 heavy (non-hydrogen) atoms. The van der Waals surface area contributed by atoms with Gasteiger partial charge in [0.2, 0.25) is 11.8 Å². The number of carbonyl (C=O) groups is 1. The van der Waals surface area contributed by atoms with Gasteiger partial charge in [-0.2, -0.15) is 0 Å². The zero-order chi connectivity index (χ0) is 21.9. The van der Waals surface area contributed by atoms with E-state index in [0.717, 1.165) is 62.0 Å². The van der Waals surface area contributed by atoms with Gasteiger partial charge < -0.3 is 15.0 Å². The van der Waals surface area contributed by atoms with Crippen molar-refractivity contribution in [3.05, 3.63) is 71.9 Å². The summed E-state index contributed by atoms with van der Waals surface area (Å²) in [5, 5.41) is 3.09. The predicted octanol–water partition coefficient (Wildman–Crippen LogP) is 5.24. The van der Waals surface area contributed by atoms with E-state index in [1.54, 1.807) is 13.1 Å². The molecule has 1 N–H and O–H groups in total. The highest BCUT2D eigenvalue weighted by molar-refractivity contribution is 5.96. The largest absolute Gasteiger partial charge is 0.474 e. The lowest BCUT2D eigenvalue weighted by molar-refractivity contribution is -0.114. The van der Waals surface area contributed by atoms with Gasteiger partial charge in [0.15, 0.2) is 0 Å². The summed E-state index contributed by atoms with van der Waals surface area (Å²) in [6.07, 6.45) is 7.12. The van der Waals surface area contributed by atoms with Crippen molar-refractivity contribution < 1.29 is 9.53 Å². The predicted molar refractivity (Wildman–Crippen MR) is 128 cm³/mol. The molecule has 5 rings (SSSR count). The molecule has 2 aliphatic rings. The van der Waals surface area contributed by atoms with Crippen LogP contribution in [0, 0.1) is 0 Å². The van der Waals surface area contributed by atoms with Gasteiger partial charge >= 0.3 is 0 Å². The highest BCUT2D eigenvalue weighted by atomic mass is 16.5. The van der Waals surface area contributed by atoms with Crippen LogP contribution in [-0.2, 0) is 17.6 Å². The van der Waals surface area contributed by atoms with Gasteiger partial charge in [-0.1, -0.05) is 30.3 Å². The van der Waals surface area contributed by atoms with Crippen LogP contribution in [0.5, 0.6) is 5.88 Å². The maximum atomic E-state index is 11.9. The molecule has 1 aliphatic heterocycles. The van der Waals surface area contributed by atoms with Gasteiger partial charge in [-0.05, 0) is 54.2 Å². The fraction of sp³-hybridized carbons (Fsp3) is 0.333. The molecule has 0 atom stereocenters. The van der Waals surface area contributed by atoms with Gasteiger partial charge in [-0.25, -0.2) is 4.98 Å². The smallest absolute Gasteiger partial charge is 0.221 e. The number of benzene rings is 2. The Morgan fingerprint density at radius 1 is 1.06 bits per heavy atom. The summed E-state index contributed by atoms with van der Waals surface area (Å²) in [4.78, 5) is 18.8. The van der Waals surface area contributed by atoms with Crippen molar-refractivity contribution in [3.63, 3.8) is 0 Å². The molecular weight excluding hydrogens is 398 g/mol. The molecule has 1 saturated heterocycles. The lowest BCUT2D eigenvalue weighted by atomic mass is 9.97. The quantitative estimate of drug-likeness (QED) is 0.605. The number of aryl methyl sites for hydroxylation is 1. The van der Waals surface area contributed by atoms with Gasteiger partial charge in [-0.3, -0.25) is 4.79 Å². The van der Waals surface area contributed by atoms with Crippen molar-refractivity contribution in [2.75, 3.05) is 23.3 Å². The number of aromatic nitrogens is 1. The second-order valence-corrected chi connectivity index (χ2v) is 8.68. The van der Waals surface area contributed by atoms with E-state index >= 15 is 0 Å². The third-order valence-electron chi connectivity index (χ3n) is 6.48. The minimum Gasteiger partial charge on any atom is -0.474 e. The van der Waals surface area contributed by atoms with Crippen LogP contribution < -0.4 is 15.0 Å². The lowest BCUT2D eigenvalue weighted by Crippen LogP contribution is -2.38. The third kappa shape index (κ3) is 4.33. The first-order valence-corrected chi connectivity index (χ1v) is 11.5. The number of piperidine rings is 1. The normalized spacial score (nSPS) is 16.0. The van der Waals surface area contributed by atoms with Crippen LogP contribution in [0.25, 0.3) is 11.1 Å². The molecule has 3 aromatic rings. The monoisotopic (exact) mass is 427 g/mol. The average Bonchev–Trinajstić information content (AvgIpc) is 3.30. The lowest BCUT2D eigenvalue weighted by Gasteiger charge is -2.33. The van der Waals surface area contributed by atoms with E-state index in [4.69, 9.17) is 4.74 Å². The fourth-order valence-corrected chi connectivity index (χ4v) is 4.91. The summed E-state index contributed by atoms with van der Waals surface area (Å²) in [6.45, 7) is 3.53. The average molecular weight is 428 g/mol.